The highest BCUT2D eigenvalue weighted by molar-refractivity contribution is 5.77. The Bertz CT molecular complexity index is 272. The highest BCUT2D eigenvalue weighted by atomic mass is 16.5. The molecule has 0 saturated carbocycles. The molecule has 0 aliphatic rings. The number of hydrogen-bond acceptors (Lipinski definition) is 4. The number of carbonyl (C=O) groups excluding carboxylic acids is 2. The zero-order valence-corrected chi connectivity index (χ0v) is 15.9. The molecule has 4 nitrogen and oxygen atoms in total. The lowest BCUT2D eigenvalue weighted by Gasteiger charge is -2.06. The second-order valence-electron chi connectivity index (χ2n) is 6.48. The van der Waals surface area contributed by atoms with Crippen LogP contribution in [0.3, 0.4) is 0 Å². The summed E-state index contributed by atoms with van der Waals surface area (Å²) >= 11 is 0. The summed E-state index contributed by atoms with van der Waals surface area (Å²) in [7, 11) is 0. The van der Waals surface area contributed by atoms with Crippen LogP contribution in [0.5, 0.6) is 0 Å². The number of unbranched alkanes of at least 4 members (excludes halogenated alkanes) is 10. The number of carbonyl (C=O) groups is 2. The van der Waals surface area contributed by atoms with Crippen LogP contribution < -0.4 is 0 Å². The van der Waals surface area contributed by atoms with Crippen molar-refractivity contribution in [1.29, 1.82) is 0 Å². The molecule has 0 aromatic rings. The zero-order chi connectivity index (χ0) is 17.9. The predicted octanol–water partition coefficient (Wildman–Crippen LogP) is 6.21. The Morgan fingerprint density at radius 3 is 1.24 bits per heavy atom. The minimum Gasteiger partial charge on any atom is -0.466 e. The average Bonchev–Trinajstić information content (AvgIpc) is 2.58. The molecule has 0 rings (SSSR count). The van der Waals surface area contributed by atoms with E-state index in [1.165, 1.54) is 51.4 Å². The van der Waals surface area contributed by atoms with Crippen molar-refractivity contribution in [3.63, 3.8) is 0 Å². The molecule has 0 bridgehead atoms. The van der Waals surface area contributed by atoms with E-state index in [-0.39, 0.29) is 32.2 Å². The van der Waals surface area contributed by atoms with E-state index in [4.69, 9.17) is 9.47 Å². The van der Waals surface area contributed by atoms with Crippen molar-refractivity contribution in [3.8, 4) is 0 Å². The fraction of sp³-hybridized carbons (Fsp3) is 0.905. The van der Waals surface area contributed by atoms with Crippen molar-refractivity contribution < 1.29 is 19.1 Å². The van der Waals surface area contributed by atoms with Gasteiger partial charge < -0.3 is 9.47 Å². The van der Waals surface area contributed by atoms with Crippen LogP contribution in [0.1, 0.15) is 111 Å². The van der Waals surface area contributed by atoms with Crippen LogP contribution in [0.4, 0.5) is 0 Å². The van der Waals surface area contributed by atoms with Crippen molar-refractivity contribution in [3.05, 3.63) is 0 Å². The summed E-state index contributed by atoms with van der Waals surface area (Å²) in [5, 5.41) is 0. The molecule has 0 spiro atoms. The van der Waals surface area contributed by atoms with Crippen molar-refractivity contribution in [2.75, 3.05) is 13.2 Å². The molecule has 4 heteroatoms. The number of esters is 2. The molecule has 0 unspecified atom stereocenters. The first kappa shape index (κ1) is 26.2. The van der Waals surface area contributed by atoms with E-state index in [1.807, 2.05) is 0 Å². The van der Waals surface area contributed by atoms with Crippen LogP contribution in [-0.2, 0) is 19.1 Å². The van der Waals surface area contributed by atoms with E-state index < -0.39 is 0 Å². The van der Waals surface area contributed by atoms with Crippen molar-refractivity contribution >= 4 is 11.9 Å². The molecule has 0 N–H and O–H groups in total. The molecule has 0 fully saturated rings. The smallest absolute Gasteiger partial charge is 0.306 e. The largest absolute Gasteiger partial charge is 0.466 e. The maximum atomic E-state index is 11.5. The summed E-state index contributed by atoms with van der Waals surface area (Å²) in [6.07, 6.45) is 14.3. The van der Waals surface area contributed by atoms with Crippen LogP contribution in [0.2, 0.25) is 0 Å². The van der Waals surface area contributed by atoms with Crippen molar-refractivity contribution in [2.45, 2.75) is 111 Å². The predicted molar refractivity (Wildman–Crippen MR) is 105 cm³/mol. The van der Waals surface area contributed by atoms with Crippen LogP contribution in [-0.4, -0.2) is 25.2 Å². The van der Waals surface area contributed by atoms with Crippen molar-refractivity contribution in [2.24, 2.45) is 0 Å². The Balaban J connectivity index is 0. The summed E-state index contributed by atoms with van der Waals surface area (Å²) in [5.41, 5.74) is 0. The molecule has 0 aromatic carbocycles. The van der Waals surface area contributed by atoms with Gasteiger partial charge in [-0.15, -0.1) is 0 Å². The normalized spacial score (nSPS) is 10.2. The van der Waals surface area contributed by atoms with Gasteiger partial charge >= 0.3 is 11.9 Å². The molecule has 25 heavy (non-hydrogen) atoms. The van der Waals surface area contributed by atoms with Crippen LogP contribution >= 0.6 is 0 Å². The maximum absolute atomic E-state index is 11.5. The Morgan fingerprint density at radius 2 is 0.880 bits per heavy atom. The molecule has 0 heterocycles. The summed E-state index contributed by atoms with van der Waals surface area (Å²) < 4.78 is 10.3. The average molecular weight is 359 g/mol. The standard InChI is InChI=1S/C20H38O4.CH4/c1-3-5-7-9-11-13-17-23-19(21)15-16-20(22)24-18-14-12-10-8-6-4-2;/h3-18H2,1-2H3;1H4. The molecule has 150 valence electrons. The zero-order valence-electron chi connectivity index (χ0n) is 15.9. The third kappa shape index (κ3) is 20.9. The Hall–Kier alpha value is -1.06. The third-order valence-electron chi connectivity index (χ3n) is 4.06. The lowest BCUT2D eigenvalue weighted by atomic mass is 10.1. The fourth-order valence-corrected chi connectivity index (χ4v) is 2.49. The van der Waals surface area contributed by atoms with E-state index in [0.29, 0.717) is 13.2 Å². The van der Waals surface area contributed by atoms with Crippen LogP contribution in [0, 0.1) is 0 Å². The molecule has 0 aliphatic heterocycles. The Morgan fingerprint density at radius 1 is 0.560 bits per heavy atom. The van der Waals surface area contributed by atoms with E-state index in [9.17, 15) is 9.59 Å². The molecule has 0 aliphatic carbocycles. The van der Waals surface area contributed by atoms with Gasteiger partial charge in [0.15, 0.2) is 0 Å². The highest BCUT2D eigenvalue weighted by Gasteiger charge is 2.08. The Labute approximate surface area is 156 Å². The van der Waals surface area contributed by atoms with Crippen LogP contribution in [0.25, 0.3) is 0 Å². The number of ether oxygens (including phenoxy) is 2. The molecule has 0 aromatic heterocycles. The number of rotatable bonds is 17. The second-order valence-corrected chi connectivity index (χ2v) is 6.48. The van der Waals surface area contributed by atoms with Gasteiger partial charge in [0.05, 0.1) is 26.1 Å². The van der Waals surface area contributed by atoms with Gasteiger partial charge in [-0.2, -0.15) is 0 Å². The van der Waals surface area contributed by atoms with E-state index in [0.717, 1.165) is 25.7 Å². The Kier molecular flexibility index (Phi) is 22.0. The lowest BCUT2D eigenvalue weighted by molar-refractivity contribution is -0.150. The molecule has 0 radical (unpaired) electrons. The topological polar surface area (TPSA) is 52.6 Å². The van der Waals surface area contributed by atoms with Gasteiger partial charge in [-0.3, -0.25) is 9.59 Å². The molecular weight excluding hydrogens is 316 g/mol. The quantitative estimate of drug-likeness (QED) is 0.229. The van der Waals surface area contributed by atoms with E-state index in [2.05, 4.69) is 13.8 Å². The van der Waals surface area contributed by atoms with Crippen LogP contribution in [0.15, 0.2) is 0 Å². The minimum absolute atomic E-state index is 0. The van der Waals surface area contributed by atoms with Gasteiger partial charge in [-0.05, 0) is 12.8 Å². The molecular formula is C21H42O4. The SMILES string of the molecule is C.CCCCCCCCOC(=O)CCC(=O)OCCCCCCCC. The summed E-state index contributed by atoms with van der Waals surface area (Å²) in [6, 6.07) is 0. The van der Waals surface area contributed by atoms with Gasteiger partial charge in [0, 0.05) is 0 Å². The second kappa shape index (κ2) is 21.0. The van der Waals surface area contributed by atoms with Crippen molar-refractivity contribution in [1.82, 2.24) is 0 Å². The maximum Gasteiger partial charge on any atom is 0.306 e. The first-order valence-electron chi connectivity index (χ1n) is 10.0. The molecule has 0 atom stereocenters. The van der Waals surface area contributed by atoms with E-state index in [1.54, 1.807) is 0 Å². The minimum atomic E-state index is -0.292. The van der Waals surface area contributed by atoms with Gasteiger partial charge in [0.25, 0.3) is 0 Å². The number of hydrogen-bond donors (Lipinski definition) is 0. The molecule has 0 saturated heterocycles. The van der Waals surface area contributed by atoms with Gasteiger partial charge in [-0.25, -0.2) is 0 Å². The lowest BCUT2D eigenvalue weighted by Crippen LogP contribution is -2.11. The first-order valence-corrected chi connectivity index (χ1v) is 10.0. The first-order chi connectivity index (χ1) is 11.7. The summed E-state index contributed by atoms with van der Waals surface area (Å²) in [4.78, 5) is 23.1. The third-order valence-corrected chi connectivity index (χ3v) is 4.06. The summed E-state index contributed by atoms with van der Waals surface area (Å²) in [6.45, 7) is 5.33. The van der Waals surface area contributed by atoms with Gasteiger partial charge in [0.1, 0.15) is 0 Å². The highest BCUT2D eigenvalue weighted by Crippen LogP contribution is 2.07. The fourth-order valence-electron chi connectivity index (χ4n) is 2.49. The monoisotopic (exact) mass is 358 g/mol. The van der Waals surface area contributed by atoms with Gasteiger partial charge in [-0.1, -0.05) is 85.5 Å². The summed E-state index contributed by atoms with van der Waals surface area (Å²) in [5.74, 6) is -0.583. The van der Waals surface area contributed by atoms with Gasteiger partial charge in [0.2, 0.25) is 0 Å². The molecule has 0 amide bonds. The van der Waals surface area contributed by atoms with E-state index >= 15 is 0 Å².